The Kier molecular flexibility index (Phi) is 4.79. The van der Waals surface area contributed by atoms with Crippen LogP contribution >= 0.6 is 0 Å². The van der Waals surface area contributed by atoms with Gasteiger partial charge in [0.2, 0.25) is 0 Å². The van der Waals surface area contributed by atoms with Crippen LogP contribution in [-0.4, -0.2) is 18.8 Å². The summed E-state index contributed by atoms with van der Waals surface area (Å²) >= 11 is 0. The number of ether oxygens (including phenoxy) is 1. The number of rotatable bonds is 4. The van der Waals surface area contributed by atoms with Crippen molar-refractivity contribution >= 4 is 0 Å². The van der Waals surface area contributed by atoms with Crippen molar-refractivity contribution in [3.63, 3.8) is 0 Å². The van der Waals surface area contributed by atoms with Crippen molar-refractivity contribution in [1.82, 2.24) is 5.32 Å². The predicted molar refractivity (Wildman–Crippen MR) is 75.8 cm³/mol. The third-order valence-corrected chi connectivity index (χ3v) is 3.89. The van der Waals surface area contributed by atoms with Gasteiger partial charge in [-0.05, 0) is 38.7 Å². The summed E-state index contributed by atoms with van der Waals surface area (Å²) in [6.07, 6.45) is 3.85. The van der Waals surface area contributed by atoms with Crippen LogP contribution in [0.3, 0.4) is 0 Å². The molecule has 0 aromatic heterocycles. The molecule has 0 radical (unpaired) electrons. The molecule has 2 unspecified atom stereocenters. The van der Waals surface area contributed by atoms with E-state index in [1.54, 1.807) is 0 Å². The van der Waals surface area contributed by atoms with Gasteiger partial charge >= 0.3 is 0 Å². The van der Waals surface area contributed by atoms with E-state index in [1.807, 2.05) is 0 Å². The standard InChI is InChI=1S/C16H25NO/c1-4-16-11-15(9-10-18-16)17-13(3)14-7-5-12(2)6-8-14/h5-8,13,15-17H,4,9-11H2,1-3H3/t13-,15?,16?/m1/s1. The summed E-state index contributed by atoms with van der Waals surface area (Å²) in [4.78, 5) is 0. The van der Waals surface area contributed by atoms with Gasteiger partial charge in [0.1, 0.15) is 0 Å². The van der Waals surface area contributed by atoms with Gasteiger partial charge in [-0.25, -0.2) is 0 Å². The molecule has 1 fully saturated rings. The van der Waals surface area contributed by atoms with E-state index in [1.165, 1.54) is 11.1 Å². The fraction of sp³-hybridized carbons (Fsp3) is 0.625. The van der Waals surface area contributed by atoms with Crippen LogP contribution in [0.1, 0.15) is 50.3 Å². The second-order valence-corrected chi connectivity index (χ2v) is 5.42. The summed E-state index contributed by atoms with van der Waals surface area (Å²) in [5, 5.41) is 3.74. The van der Waals surface area contributed by atoms with Gasteiger partial charge in [-0.15, -0.1) is 0 Å². The van der Waals surface area contributed by atoms with Gasteiger partial charge in [-0.1, -0.05) is 36.8 Å². The maximum atomic E-state index is 5.72. The molecule has 1 aromatic rings. The Hall–Kier alpha value is -0.860. The third-order valence-electron chi connectivity index (χ3n) is 3.89. The molecule has 100 valence electrons. The van der Waals surface area contributed by atoms with E-state index in [-0.39, 0.29) is 0 Å². The summed E-state index contributed by atoms with van der Waals surface area (Å²) in [5.41, 5.74) is 2.70. The van der Waals surface area contributed by atoms with Crippen molar-refractivity contribution in [3.8, 4) is 0 Å². The Morgan fingerprint density at radius 1 is 1.33 bits per heavy atom. The number of hydrogen-bond donors (Lipinski definition) is 1. The predicted octanol–water partition coefficient (Wildman–Crippen LogP) is 3.60. The Morgan fingerprint density at radius 3 is 2.72 bits per heavy atom. The minimum absolute atomic E-state index is 0.422. The van der Waals surface area contributed by atoms with E-state index in [2.05, 4.69) is 50.4 Å². The molecule has 0 bridgehead atoms. The van der Waals surface area contributed by atoms with Gasteiger partial charge in [0.25, 0.3) is 0 Å². The number of benzene rings is 1. The fourth-order valence-electron chi connectivity index (χ4n) is 2.62. The molecular formula is C16H25NO. The molecular weight excluding hydrogens is 222 g/mol. The Labute approximate surface area is 111 Å². The molecule has 0 spiro atoms. The van der Waals surface area contributed by atoms with Gasteiger partial charge in [-0.2, -0.15) is 0 Å². The van der Waals surface area contributed by atoms with Crippen LogP contribution in [0.15, 0.2) is 24.3 Å². The fourth-order valence-corrected chi connectivity index (χ4v) is 2.62. The van der Waals surface area contributed by atoms with E-state index < -0.39 is 0 Å². The summed E-state index contributed by atoms with van der Waals surface area (Å²) in [6, 6.07) is 9.84. The highest BCUT2D eigenvalue weighted by atomic mass is 16.5. The van der Waals surface area contributed by atoms with Crippen LogP contribution in [0.25, 0.3) is 0 Å². The summed E-state index contributed by atoms with van der Waals surface area (Å²) in [7, 11) is 0. The monoisotopic (exact) mass is 247 g/mol. The first kappa shape index (κ1) is 13.6. The van der Waals surface area contributed by atoms with Crippen LogP contribution in [0, 0.1) is 6.92 Å². The van der Waals surface area contributed by atoms with Crippen molar-refractivity contribution in [2.24, 2.45) is 0 Å². The van der Waals surface area contributed by atoms with E-state index in [0.29, 0.717) is 18.2 Å². The zero-order valence-electron chi connectivity index (χ0n) is 11.8. The summed E-state index contributed by atoms with van der Waals surface area (Å²) in [5.74, 6) is 0. The Morgan fingerprint density at radius 2 is 2.06 bits per heavy atom. The Bertz CT molecular complexity index is 360. The van der Waals surface area contributed by atoms with Crippen LogP contribution in [0.4, 0.5) is 0 Å². The maximum Gasteiger partial charge on any atom is 0.0587 e. The van der Waals surface area contributed by atoms with E-state index in [4.69, 9.17) is 4.74 Å². The molecule has 1 saturated heterocycles. The van der Waals surface area contributed by atoms with Crippen molar-refractivity contribution in [2.75, 3.05) is 6.61 Å². The molecule has 0 saturated carbocycles. The molecule has 1 aromatic carbocycles. The molecule has 1 aliphatic heterocycles. The summed E-state index contributed by atoms with van der Waals surface area (Å²) in [6.45, 7) is 7.49. The van der Waals surface area contributed by atoms with Crippen molar-refractivity contribution < 1.29 is 4.74 Å². The second-order valence-electron chi connectivity index (χ2n) is 5.42. The SMILES string of the molecule is CCC1CC(N[C@H](C)c2ccc(C)cc2)CCO1. The lowest BCUT2D eigenvalue weighted by molar-refractivity contribution is -0.00165. The van der Waals surface area contributed by atoms with E-state index in [9.17, 15) is 0 Å². The van der Waals surface area contributed by atoms with Gasteiger partial charge in [0, 0.05) is 18.7 Å². The number of hydrogen-bond acceptors (Lipinski definition) is 2. The normalized spacial score (nSPS) is 25.9. The van der Waals surface area contributed by atoms with Crippen LogP contribution < -0.4 is 5.32 Å². The van der Waals surface area contributed by atoms with Gasteiger partial charge in [-0.3, -0.25) is 0 Å². The maximum absolute atomic E-state index is 5.72. The lowest BCUT2D eigenvalue weighted by Crippen LogP contribution is -2.39. The highest BCUT2D eigenvalue weighted by Gasteiger charge is 2.22. The van der Waals surface area contributed by atoms with Gasteiger partial charge < -0.3 is 10.1 Å². The quantitative estimate of drug-likeness (QED) is 0.877. The van der Waals surface area contributed by atoms with E-state index in [0.717, 1.165) is 25.9 Å². The molecule has 1 N–H and O–H groups in total. The number of nitrogens with one attached hydrogen (secondary N) is 1. The minimum atomic E-state index is 0.422. The topological polar surface area (TPSA) is 21.3 Å². The van der Waals surface area contributed by atoms with Crippen LogP contribution in [0.2, 0.25) is 0 Å². The van der Waals surface area contributed by atoms with Gasteiger partial charge in [0.15, 0.2) is 0 Å². The molecule has 1 heterocycles. The van der Waals surface area contributed by atoms with E-state index >= 15 is 0 Å². The first-order valence-corrected chi connectivity index (χ1v) is 7.13. The van der Waals surface area contributed by atoms with Crippen LogP contribution in [0.5, 0.6) is 0 Å². The average molecular weight is 247 g/mol. The smallest absolute Gasteiger partial charge is 0.0587 e. The third kappa shape index (κ3) is 3.56. The molecule has 2 heteroatoms. The second kappa shape index (κ2) is 6.35. The number of aryl methyl sites for hydroxylation is 1. The van der Waals surface area contributed by atoms with Crippen molar-refractivity contribution in [3.05, 3.63) is 35.4 Å². The molecule has 0 amide bonds. The van der Waals surface area contributed by atoms with Crippen molar-refractivity contribution in [1.29, 1.82) is 0 Å². The van der Waals surface area contributed by atoms with Gasteiger partial charge in [0.05, 0.1) is 6.10 Å². The highest BCUT2D eigenvalue weighted by Crippen LogP contribution is 2.20. The lowest BCUT2D eigenvalue weighted by atomic mass is 9.99. The summed E-state index contributed by atoms with van der Waals surface area (Å²) < 4.78 is 5.72. The molecule has 0 aliphatic carbocycles. The zero-order chi connectivity index (χ0) is 13.0. The minimum Gasteiger partial charge on any atom is -0.378 e. The molecule has 1 aliphatic rings. The Balaban J connectivity index is 1.90. The first-order chi connectivity index (χ1) is 8.69. The van der Waals surface area contributed by atoms with Crippen LogP contribution in [-0.2, 0) is 4.74 Å². The largest absolute Gasteiger partial charge is 0.378 e. The molecule has 2 nitrogen and oxygen atoms in total. The molecule has 18 heavy (non-hydrogen) atoms. The average Bonchev–Trinajstić information content (AvgIpc) is 2.39. The van der Waals surface area contributed by atoms with Crippen molar-refractivity contribution in [2.45, 2.75) is 58.2 Å². The molecule has 2 rings (SSSR count). The first-order valence-electron chi connectivity index (χ1n) is 7.13. The highest BCUT2D eigenvalue weighted by molar-refractivity contribution is 5.23. The lowest BCUT2D eigenvalue weighted by Gasteiger charge is -2.32. The zero-order valence-corrected chi connectivity index (χ0v) is 11.8. The molecule has 3 atom stereocenters.